The van der Waals surface area contributed by atoms with Gasteiger partial charge in [-0.1, -0.05) is 16.9 Å². The maximum atomic E-state index is 8.13. The van der Waals surface area contributed by atoms with Crippen LogP contribution in [-0.4, -0.2) is 21.4 Å². The van der Waals surface area contributed by atoms with Crippen LogP contribution in [0.5, 0.6) is 0 Å². The Hall–Kier alpha value is -1.09. The van der Waals surface area contributed by atoms with Gasteiger partial charge in [0.25, 0.3) is 5.16 Å². The molecule has 0 aliphatic rings. The van der Waals surface area contributed by atoms with E-state index in [1.165, 1.54) is 11.8 Å². The lowest BCUT2D eigenvalue weighted by atomic mass is 11.1. The molecule has 1 aromatic heterocycles. The van der Waals surface area contributed by atoms with Gasteiger partial charge in [-0.05, 0) is 16.2 Å². The first-order chi connectivity index (χ1) is 4.36. The molecule has 0 fully saturated rings. The molecule has 0 aliphatic carbocycles. The van der Waals surface area contributed by atoms with Crippen LogP contribution in [0.3, 0.4) is 0 Å². The van der Waals surface area contributed by atoms with Crippen LogP contribution in [0.1, 0.15) is 0 Å². The van der Waals surface area contributed by atoms with E-state index in [4.69, 9.17) is 5.39 Å². The summed E-state index contributed by atoms with van der Waals surface area (Å²) >= 11 is 1.38. The zero-order chi connectivity index (χ0) is 6.69. The Morgan fingerprint density at radius 1 is 1.78 bits per heavy atom. The van der Waals surface area contributed by atoms with E-state index < -0.39 is 0 Å². The zero-order valence-corrected chi connectivity index (χ0v) is 5.51. The van der Waals surface area contributed by atoms with Gasteiger partial charge in [-0.25, -0.2) is 0 Å². The van der Waals surface area contributed by atoms with E-state index in [9.17, 15) is 0 Å². The van der Waals surface area contributed by atoms with E-state index in [1.54, 1.807) is 0 Å². The number of nitrogens with zero attached hydrogens (tertiary/aromatic N) is 4. The summed E-state index contributed by atoms with van der Waals surface area (Å²) in [6, 6.07) is 0. The minimum atomic E-state index is 0.138. The predicted octanol–water partition coefficient (Wildman–Crippen LogP) is 1.01. The molecule has 9 heavy (non-hydrogen) atoms. The molecule has 0 aromatic carbocycles. The summed E-state index contributed by atoms with van der Waals surface area (Å²) in [6.45, 7) is 0. The lowest BCUT2D eigenvalue weighted by molar-refractivity contribution is 0.977. The van der Waals surface area contributed by atoms with Crippen molar-refractivity contribution in [1.29, 1.82) is 5.39 Å². The minimum Gasteiger partial charge on any atom is -0.132 e. The van der Waals surface area contributed by atoms with Crippen molar-refractivity contribution < 1.29 is 0 Å². The summed E-state index contributed by atoms with van der Waals surface area (Å²) in [6.07, 6.45) is 1.84. The largest absolute Gasteiger partial charge is 0.547 e. The molecule has 1 heterocycles. The lowest BCUT2D eigenvalue weighted by Crippen LogP contribution is -1.68. The summed E-state index contributed by atoms with van der Waals surface area (Å²) < 4.78 is 0. The number of diazo groups is 1. The van der Waals surface area contributed by atoms with Gasteiger partial charge in [0.15, 0.2) is 0 Å². The van der Waals surface area contributed by atoms with Crippen LogP contribution in [0.2, 0.25) is 0 Å². The van der Waals surface area contributed by atoms with Crippen LogP contribution >= 0.6 is 11.8 Å². The highest BCUT2D eigenvalue weighted by Crippen LogP contribution is 2.10. The normalized spacial score (nSPS) is 8.89. The number of hydrogen-bond acceptors (Lipinski definition) is 4. The molecule has 1 N–H and O–H groups in total. The van der Waals surface area contributed by atoms with Crippen molar-refractivity contribution in [3.63, 3.8) is 0 Å². The van der Waals surface area contributed by atoms with Crippen LogP contribution in [0, 0.1) is 5.39 Å². The number of hydrogen-bond donors (Lipinski definition) is 1. The Bertz CT molecular complexity index is 235. The van der Waals surface area contributed by atoms with E-state index in [0.29, 0.717) is 5.16 Å². The molecule has 0 amide bonds. The van der Waals surface area contributed by atoms with Gasteiger partial charge >= 0.3 is 5.95 Å². The van der Waals surface area contributed by atoms with Crippen molar-refractivity contribution in [2.24, 2.45) is 0 Å². The summed E-state index contributed by atoms with van der Waals surface area (Å²) in [5, 5.41) is 14.8. The van der Waals surface area contributed by atoms with Crippen molar-refractivity contribution >= 4 is 17.7 Å². The molecular formula is C3H4N5S+. The SMILES string of the molecule is CSc1n[nH]c([N+]#N)n1. The number of rotatable bonds is 1. The molecule has 1 aromatic rings. The second-order valence-corrected chi connectivity index (χ2v) is 2.02. The third-order valence-electron chi connectivity index (χ3n) is 0.730. The van der Waals surface area contributed by atoms with Crippen LogP contribution in [0.15, 0.2) is 5.16 Å². The van der Waals surface area contributed by atoms with Crippen molar-refractivity contribution in [1.82, 2.24) is 15.2 Å². The smallest absolute Gasteiger partial charge is 0.132 e. The highest BCUT2D eigenvalue weighted by molar-refractivity contribution is 7.98. The number of aromatic amines is 1. The fourth-order valence-electron chi connectivity index (χ4n) is 0.374. The lowest BCUT2D eigenvalue weighted by Gasteiger charge is -1.68. The third-order valence-corrected chi connectivity index (χ3v) is 1.28. The zero-order valence-electron chi connectivity index (χ0n) is 4.70. The monoisotopic (exact) mass is 142 g/mol. The number of nitrogens with one attached hydrogen (secondary N) is 1. The van der Waals surface area contributed by atoms with E-state index in [2.05, 4.69) is 20.2 Å². The third kappa shape index (κ3) is 1.17. The highest BCUT2D eigenvalue weighted by Gasteiger charge is 2.10. The summed E-state index contributed by atoms with van der Waals surface area (Å²) in [5.74, 6) is 0.138. The van der Waals surface area contributed by atoms with Gasteiger partial charge in [0.2, 0.25) is 0 Å². The van der Waals surface area contributed by atoms with Gasteiger partial charge in [-0.2, -0.15) is 0 Å². The van der Waals surface area contributed by atoms with Crippen LogP contribution in [-0.2, 0) is 0 Å². The molecule has 5 nitrogen and oxygen atoms in total. The van der Waals surface area contributed by atoms with E-state index in [0.717, 1.165) is 0 Å². The maximum Gasteiger partial charge on any atom is 0.547 e. The highest BCUT2D eigenvalue weighted by atomic mass is 32.2. The Kier molecular flexibility index (Phi) is 1.65. The Labute approximate surface area is 55.5 Å². The molecule has 0 radical (unpaired) electrons. The first-order valence-electron chi connectivity index (χ1n) is 2.18. The van der Waals surface area contributed by atoms with Gasteiger partial charge in [-0.15, -0.1) is 5.10 Å². The fourth-order valence-corrected chi connectivity index (χ4v) is 0.689. The first kappa shape index (κ1) is 6.04. The maximum absolute atomic E-state index is 8.13. The van der Waals surface area contributed by atoms with E-state index in [-0.39, 0.29) is 5.95 Å². The number of aromatic nitrogens is 3. The Morgan fingerprint density at radius 3 is 2.89 bits per heavy atom. The molecule has 0 aliphatic heterocycles. The fraction of sp³-hybridized carbons (Fsp3) is 0.333. The molecule has 46 valence electrons. The number of thioether (sulfide) groups is 1. The molecule has 6 heteroatoms. The molecule has 0 saturated heterocycles. The predicted molar refractivity (Wildman–Crippen MR) is 32.9 cm³/mol. The first-order valence-corrected chi connectivity index (χ1v) is 3.41. The molecule has 0 bridgehead atoms. The van der Waals surface area contributed by atoms with Gasteiger partial charge in [0.1, 0.15) is 0 Å². The van der Waals surface area contributed by atoms with Crippen molar-refractivity contribution in [3.8, 4) is 0 Å². The average Bonchev–Trinajstić information content (AvgIpc) is 2.34. The average molecular weight is 142 g/mol. The minimum absolute atomic E-state index is 0.138. The van der Waals surface area contributed by atoms with Gasteiger partial charge in [-0.3, -0.25) is 0 Å². The van der Waals surface area contributed by atoms with Gasteiger partial charge in [0.05, 0.1) is 5.39 Å². The van der Waals surface area contributed by atoms with Crippen molar-refractivity contribution in [2.45, 2.75) is 5.16 Å². The van der Waals surface area contributed by atoms with E-state index >= 15 is 0 Å². The van der Waals surface area contributed by atoms with Gasteiger partial charge < -0.3 is 0 Å². The van der Waals surface area contributed by atoms with Crippen LogP contribution < -0.4 is 0 Å². The second kappa shape index (κ2) is 2.46. The van der Waals surface area contributed by atoms with Crippen LogP contribution in [0.4, 0.5) is 5.95 Å². The standard InChI is InChI=1S/C3H4N5S/c1-9-3-5-2(6-4)7-8-3/h1H3,(H,5,7,8)/q+1. The van der Waals surface area contributed by atoms with E-state index in [1.807, 2.05) is 6.26 Å². The second-order valence-electron chi connectivity index (χ2n) is 1.25. The quantitative estimate of drug-likeness (QED) is 0.469. The Balaban J connectivity index is 2.90. The summed E-state index contributed by atoms with van der Waals surface area (Å²) in [5.41, 5.74) is 0. The molecule has 0 spiro atoms. The molecule has 1 rings (SSSR count). The topological polar surface area (TPSA) is 69.7 Å². The van der Waals surface area contributed by atoms with Crippen molar-refractivity contribution in [2.75, 3.05) is 6.26 Å². The molecule has 0 saturated carbocycles. The van der Waals surface area contributed by atoms with Crippen molar-refractivity contribution in [3.05, 3.63) is 4.98 Å². The van der Waals surface area contributed by atoms with Gasteiger partial charge in [0, 0.05) is 0 Å². The molecule has 0 atom stereocenters. The molecular weight excluding hydrogens is 138 g/mol. The Morgan fingerprint density at radius 2 is 2.56 bits per heavy atom. The summed E-state index contributed by atoms with van der Waals surface area (Å²) in [4.78, 5) is 6.52. The van der Waals surface area contributed by atoms with Crippen LogP contribution in [0.25, 0.3) is 4.98 Å². The molecule has 0 unspecified atom stereocenters. The summed E-state index contributed by atoms with van der Waals surface area (Å²) in [7, 11) is 0. The number of H-pyrrole nitrogens is 1.